The Labute approximate surface area is 167 Å². The van der Waals surface area contributed by atoms with Gasteiger partial charge < -0.3 is 10.5 Å². The van der Waals surface area contributed by atoms with E-state index in [4.69, 9.17) is 10.5 Å². The number of carbonyl (C=O) groups is 1. The van der Waals surface area contributed by atoms with Gasteiger partial charge in [0.25, 0.3) is 0 Å². The van der Waals surface area contributed by atoms with Crippen molar-refractivity contribution in [2.45, 2.75) is 39.8 Å². The molecule has 2 N–H and O–H groups in total. The summed E-state index contributed by atoms with van der Waals surface area (Å²) in [6, 6.07) is 10.0. The number of ether oxygens (including phenoxy) is 1. The highest BCUT2D eigenvalue weighted by Crippen LogP contribution is 2.29. The molecule has 0 bridgehead atoms. The van der Waals surface area contributed by atoms with Crippen molar-refractivity contribution in [2.75, 3.05) is 19.7 Å². The predicted molar refractivity (Wildman–Crippen MR) is 108 cm³/mol. The number of hydrogen-bond acceptors (Lipinski definition) is 5. The topological polar surface area (TPSA) is 73.4 Å². The van der Waals surface area contributed by atoms with E-state index in [9.17, 15) is 4.79 Å². The normalized spacial score (nSPS) is 19.3. The summed E-state index contributed by atoms with van der Waals surface area (Å²) in [6.07, 6.45) is 2.89. The van der Waals surface area contributed by atoms with Crippen LogP contribution in [0.5, 0.6) is 0 Å². The quantitative estimate of drug-likeness (QED) is 0.791. The summed E-state index contributed by atoms with van der Waals surface area (Å²) in [5.74, 6) is -0.370. The van der Waals surface area contributed by atoms with Gasteiger partial charge in [0.05, 0.1) is 12.3 Å². The fourth-order valence-electron chi connectivity index (χ4n) is 3.47. The summed E-state index contributed by atoms with van der Waals surface area (Å²) in [5, 5.41) is 4.51. The lowest BCUT2D eigenvalue weighted by Crippen LogP contribution is -2.52. The molecule has 1 aromatic heterocycles. The summed E-state index contributed by atoms with van der Waals surface area (Å²) in [5.41, 5.74) is 8.50. The van der Waals surface area contributed by atoms with Crippen LogP contribution in [0.3, 0.4) is 0 Å². The molecule has 0 amide bonds. The molecule has 1 atom stereocenters. The van der Waals surface area contributed by atoms with Crippen LogP contribution in [0, 0.1) is 5.41 Å². The summed E-state index contributed by atoms with van der Waals surface area (Å²) < 4.78 is 6.96. The van der Waals surface area contributed by atoms with E-state index in [0.29, 0.717) is 18.8 Å². The molecule has 27 heavy (non-hydrogen) atoms. The molecule has 1 unspecified atom stereocenters. The minimum Gasteiger partial charge on any atom is -0.461 e. The van der Waals surface area contributed by atoms with Crippen LogP contribution in [0.1, 0.15) is 43.2 Å². The highest BCUT2D eigenvalue weighted by molar-refractivity contribution is 5.88. The molecule has 1 fully saturated rings. The monoisotopic (exact) mass is 392 g/mol. The van der Waals surface area contributed by atoms with Gasteiger partial charge in [0.2, 0.25) is 0 Å². The van der Waals surface area contributed by atoms with Crippen LogP contribution in [-0.2, 0) is 11.3 Å². The first-order chi connectivity index (χ1) is 12.4. The number of carbonyl (C=O) groups excluding carboxylic acids is 1. The number of piperidine rings is 1. The Morgan fingerprint density at radius 3 is 2.67 bits per heavy atom. The Morgan fingerprint density at radius 1 is 1.33 bits per heavy atom. The van der Waals surface area contributed by atoms with Crippen LogP contribution >= 0.6 is 12.4 Å². The number of halogens is 1. The second-order valence-corrected chi connectivity index (χ2v) is 7.60. The SMILES string of the molecule is CCOC(=O)c1nn(-c2ccccc2)cc1CN1CCC(N)C(C)(C)C1.Cl. The van der Waals surface area contributed by atoms with Gasteiger partial charge in [0.15, 0.2) is 5.69 Å². The Morgan fingerprint density at radius 2 is 2.04 bits per heavy atom. The van der Waals surface area contributed by atoms with Crippen molar-refractivity contribution in [3.63, 3.8) is 0 Å². The number of aromatic nitrogens is 2. The van der Waals surface area contributed by atoms with Gasteiger partial charge in [-0.1, -0.05) is 32.0 Å². The van der Waals surface area contributed by atoms with Crippen molar-refractivity contribution in [3.05, 3.63) is 47.8 Å². The van der Waals surface area contributed by atoms with E-state index in [1.165, 1.54) is 0 Å². The number of nitrogens with zero attached hydrogens (tertiary/aromatic N) is 3. The number of likely N-dealkylation sites (tertiary alicyclic amines) is 1. The molecule has 0 radical (unpaired) electrons. The first kappa shape index (κ1) is 21.4. The maximum Gasteiger partial charge on any atom is 0.359 e. The molecule has 0 spiro atoms. The van der Waals surface area contributed by atoms with Crippen LogP contribution in [0.4, 0.5) is 0 Å². The Balaban J connectivity index is 0.00000261. The van der Waals surface area contributed by atoms with E-state index in [0.717, 1.165) is 30.8 Å². The van der Waals surface area contributed by atoms with Crippen LogP contribution in [0.15, 0.2) is 36.5 Å². The number of rotatable bonds is 5. The minimum atomic E-state index is -0.370. The molecule has 148 valence electrons. The number of esters is 1. The molecular weight excluding hydrogens is 364 g/mol. The Hall–Kier alpha value is -1.89. The van der Waals surface area contributed by atoms with Crippen molar-refractivity contribution in [1.29, 1.82) is 0 Å². The molecular formula is C20H29ClN4O2. The van der Waals surface area contributed by atoms with Crippen molar-refractivity contribution < 1.29 is 9.53 Å². The number of benzene rings is 1. The van der Waals surface area contributed by atoms with Crippen LogP contribution in [0.2, 0.25) is 0 Å². The van der Waals surface area contributed by atoms with Gasteiger partial charge in [0.1, 0.15) is 0 Å². The third-order valence-corrected chi connectivity index (χ3v) is 5.06. The molecule has 0 aliphatic carbocycles. The smallest absolute Gasteiger partial charge is 0.359 e. The largest absolute Gasteiger partial charge is 0.461 e. The van der Waals surface area contributed by atoms with Crippen molar-refractivity contribution in [1.82, 2.24) is 14.7 Å². The highest BCUT2D eigenvalue weighted by atomic mass is 35.5. The van der Waals surface area contributed by atoms with Crippen LogP contribution < -0.4 is 5.73 Å². The summed E-state index contributed by atoms with van der Waals surface area (Å²) in [6.45, 7) is 9.02. The molecule has 1 aromatic carbocycles. The number of nitrogens with two attached hydrogens (primary N) is 1. The Bertz CT molecular complexity index is 761. The minimum absolute atomic E-state index is 0. The third kappa shape index (κ3) is 4.89. The first-order valence-corrected chi connectivity index (χ1v) is 9.19. The molecule has 1 aliphatic heterocycles. The predicted octanol–water partition coefficient (Wildman–Crippen LogP) is 3.03. The highest BCUT2D eigenvalue weighted by Gasteiger charge is 2.34. The molecule has 1 saturated heterocycles. The lowest BCUT2D eigenvalue weighted by Gasteiger charge is -2.42. The average molecular weight is 393 g/mol. The second-order valence-electron chi connectivity index (χ2n) is 7.60. The zero-order chi connectivity index (χ0) is 18.7. The summed E-state index contributed by atoms with van der Waals surface area (Å²) >= 11 is 0. The van der Waals surface area contributed by atoms with E-state index in [2.05, 4.69) is 23.8 Å². The molecule has 3 rings (SSSR count). The second kappa shape index (κ2) is 8.87. The number of hydrogen-bond donors (Lipinski definition) is 1. The third-order valence-electron chi connectivity index (χ3n) is 5.06. The fraction of sp³-hybridized carbons (Fsp3) is 0.500. The van der Waals surface area contributed by atoms with Crippen molar-refractivity contribution >= 4 is 18.4 Å². The average Bonchev–Trinajstić information content (AvgIpc) is 3.03. The zero-order valence-electron chi connectivity index (χ0n) is 16.2. The van der Waals surface area contributed by atoms with Crippen LogP contribution in [-0.4, -0.2) is 46.4 Å². The van der Waals surface area contributed by atoms with Gasteiger partial charge in [-0.05, 0) is 30.9 Å². The Kier molecular flexibility index (Phi) is 7.03. The van der Waals surface area contributed by atoms with E-state index in [-0.39, 0.29) is 29.8 Å². The maximum absolute atomic E-state index is 12.4. The summed E-state index contributed by atoms with van der Waals surface area (Å²) in [4.78, 5) is 14.7. The summed E-state index contributed by atoms with van der Waals surface area (Å²) in [7, 11) is 0. The van der Waals surface area contributed by atoms with Crippen molar-refractivity contribution in [2.24, 2.45) is 11.1 Å². The van der Waals surface area contributed by atoms with Gasteiger partial charge in [-0.15, -0.1) is 12.4 Å². The molecule has 0 saturated carbocycles. The molecule has 7 heteroatoms. The maximum atomic E-state index is 12.4. The van der Waals surface area contributed by atoms with E-state index >= 15 is 0 Å². The fourth-order valence-corrected chi connectivity index (χ4v) is 3.47. The first-order valence-electron chi connectivity index (χ1n) is 9.19. The van der Waals surface area contributed by atoms with Gasteiger partial charge in [-0.3, -0.25) is 4.90 Å². The molecule has 2 aromatic rings. The lowest BCUT2D eigenvalue weighted by atomic mass is 9.79. The zero-order valence-corrected chi connectivity index (χ0v) is 17.0. The lowest BCUT2D eigenvalue weighted by molar-refractivity contribution is 0.0513. The molecule has 6 nitrogen and oxygen atoms in total. The van der Waals surface area contributed by atoms with E-state index in [1.807, 2.05) is 36.5 Å². The van der Waals surface area contributed by atoms with E-state index in [1.54, 1.807) is 11.6 Å². The van der Waals surface area contributed by atoms with Gasteiger partial charge in [0, 0.05) is 37.4 Å². The van der Waals surface area contributed by atoms with Gasteiger partial charge >= 0.3 is 5.97 Å². The molecule has 1 aliphatic rings. The number of para-hydroxylation sites is 1. The van der Waals surface area contributed by atoms with Gasteiger partial charge in [-0.25, -0.2) is 9.48 Å². The van der Waals surface area contributed by atoms with Crippen LogP contribution in [0.25, 0.3) is 5.69 Å². The standard InChI is InChI=1S/C20H28N4O2.ClH/c1-4-26-19(25)18-15(12-23-11-10-17(21)20(2,3)14-23)13-24(22-18)16-8-6-5-7-9-16;/h5-9,13,17H,4,10-12,14,21H2,1-3H3;1H. The molecule has 2 heterocycles. The van der Waals surface area contributed by atoms with Gasteiger partial charge in [-0.2, -0.15) is 5.10 Å². The van der Waals surface area contributed by atoms with E-state index < -0.39 is 0 Å². The van der Waals surface area contributed by atoms with Crippen molar-refractivity contribution in [3.8, 4) is 5.69 Å².